The first kappa shape index (κ1) is 19.2. The number of carbonyl (C=O) groups excluding carboxylic acids is 2. The van der Waals surface area contributed by atoms with Crippen molar-refractivity contribution < 1.29 is 9.59 Å². The molecule has 1 fully saturated rings. The largest absolute Gasteiger partial charge is 0.345 e. The van der Waals surface area contributed by atoms with Gasteiger partial charge in [-0.05, 0) is 47.8 Å². The molecule has 2 aromatic rings. The van der Waals surface area contributed by atoms with Crippen molar-refractivity contribution in [1.82, 2.24) is 9.80 Å². The van der Waals surface area contributed by atoms with Gasteiger partial charge in [0.1, 0.15) is 0 Å². The Hall–Kier alpha value is -2.14. The lowest BCUT2D eigenvalue weighted by atomic mass is 9.80. The van der Waals surface area contributed by atoms with Gasteiger partial charge in [-0.2, -0.15) is 0 Å². The molecule has 0 spiro atoms. The third-order valence-corrected chi connectivity index (χ3v) is 6.65. The van der Waals surface area contributed by atoms with Gasteiger partial charge in [-0.1, -0.05) is 38.1 Å². The Bertz CT molecular complexity index is 857. The van der Waals surface area contributed by atoms with Crippen molar-refractivity contribution in [1.29, 1.82) is 0 Å². The Morgan fingerprint density at radius 1 is 1.21 bits per heavy atom. The summed E-state index contributed by atoms with van der Waals surface area (Å²) in [7, 11) is 1.91. The summed E-state index contributed by atoms with van der Waals surface area (Å²) in [5, 5.41) is 2.03. The fourth-order valence-corrected chi connectivity index (χ4v) is 5.12. The monoisotopic (exact) mass is 396 g/mol. The molecule has 5 heteroatoms. The summed E-state index contributed by atoms with van der Waals surface area (Å²) in [6.45, 7) is 5.70. The molecular weight excluding hydrogens is 368 g/mol. The topological polar surface area (TPSA) is 40.6 Å². The fraction of sp³-hybridized carbons (Fsp3) is 0.478. The molecule has 1 saturated carbocycles. The van der Waals surface area contributed by atoms with Crippen molar-refractivity contribution in [2.24, 2.45) is 11.8 Å². The van der Waals surface area contributed by atoms with Crippen molar-refractivity contribution >= 4 is 23.2 Å². The molecule has 1 aromatic heterocycles. The quantitative estimate of drug-likeness (QED) is 0.718. The highest BCUT2D eigenvalue weighted by Gasteiger charge is 2.45. The molecule has 2 heterocycles. The van der Waals surface area contributed by atoms with Crippen LogP contribution in [0.1, 0.15) is 59.4 Å². The number of rotatable bonds is 6. The number of hydrogen-bond acceptors (Lipinski definition) is 3. The highest BCUT2D eigenvalue weighted by molar-refractivity contribution is 7.10. The molecule has 0 saturated heterocycles. The Kier molecular flexibility index (Phi) is 5.28. The average Bonchev–Trinajstić information content (AvgIpc) is 3.32. The van der Waals surface area contributed by atoms with Gasteiger partial charge >= 0.3 is 0 Å². The third kappa shape index (κ3) is 3.60. The minimum absolute atomic E-state index is 0.0385. The van der Waals surface area contributed by atoms with Crippen LogP contribution in [0.25, 0.3) is 0 Å². The summed E-state index contributed by atoms with van der Waals surface area (Å²) >= 11 is 1.63. The number of nitrogens with zero attached hydrogens (tertiary/aromatic N) is 2. The van der Waals surface area contributed by atoms with Crippen LogP contribution in [0.4, 0.5) is 0 Å². The number of amides is 2. The van der Waals surface area contributed by atoms with Crippen LogP contribution in [0.2, 0.25) is 0 Å². The number of fused-ring (bicyclic) bond motifs is 1. The molecule has 2 atom stereocenters. The van der Waals surface area contributed by atoms with E-state index in [9.17, 15) is 9.59 Å². The van der Waals surface area contributed by atoms with Crippen molar-refractivity contribution in [2.75, 3.05) is 20.1 Å². The van der Waals surface area contributed by atoms with Gasteiger partial charge in [0.05, 0.1) is 12.0 Å². The molecule has 2 aliphatic rings. The number of carbonyl (C=O) groups is 2. The van der Waals surface area contributed by atoms with E-state index in [0.717, 1.165) is 17.0 Å². The fourth-order valence-electron chi connectivity index (χ4n) is 4.24. The second-order valence-electron chi connectivity index (χ2n) is 8.54. The van der Waals surface area contributed by atoms with Gasteiger partial charge < -0.3 is 9.80 Å². The van der Waals surface area contributed by atoms with Crippen LogP contribution in [0, 0.1) is 11.8 Å². The van der Waals surface area contributed by atoms with E-state index in [1.165, 1.54) is 12.8 Å². The van der Waals surface area contributed by atoms with Gasteiger partial charge in [0, 0.05) is 30.6 Å². The van der Waals surface area contributed by atoms with Crippen LogP contribution >= 0.6 is 11.3 Å². The number of likely N-dealkylation sites (N-methyl/N-ethyl adjacent to an activating group) is 1. The average molecular weight is 397 g/mol. The van der Waals surface area contributed by atoms with Crippen molar-refractivity contribution in [3.05, 3.63) is 57.8 Å². The molecule has 1 aromatic carbocycles. The first-order valence-corrected chi connectivity index (χ1v) is 11.0. The summed E-state index contributed by atoms with van der Waals surface area (Å²) in [4.78, 5) is 32.0. The Morgan fingerprint density at radius 3 is 2.61 bits per heavy atom. The van der Waals surface area contributed by atoms with Crippen LogP contribution in [-0.4, -0.2) is 41.8 Å². The maximum Gasteiger partial charge on any atom is 0.254 e. The lowest BCUT2D eigenvalue weighted by molar-refractivity contribution is -0.133. The van der Waals surface area contributed by atoms with E-state index in [0.29, 0.717) is 23.9 Å². The Labute approximate surface area is 171 Å². The van der Waals surface area contributed by atoms with Crippen LogP contribution in [-0.2, 0) is 4.79 Å². The highest BCUT2D eigenvalue weighted by atomic mass is 32.1. The molecule has 4 nitrogen and oxygen atoms in total. The van der Waals surface area contributed by atoms with Crippen molar-refractivity contribution in [3.63, 3.8) is 0 Å². The number of benzene rings is 1. The van der Waals surface area contributed by atoms with Crippen LogP contribution < -0.4 is 0 Å². The normalized spacial score (nSPS) is 21.7. The highest BCUT2D eigenvalue weighted by Crippen LogP contribution is 2.45. The lowest BCUT2D eigenvalue weighted by Gasteiger charge is -2.43. The van der Waals surface area contributed by atoms with E-state index < -0.39 is 0 Å². The number of thiophene rings is 1. The van der Waals surface area contributed by atoms with Crippen LogP contribution in [0.5, 0.6) is 0 Å². The van der Waals surface area contributed by atoms with Gasteiger partial charge in [0.2, 0.25) is 5.91 Å². The van der Waals surface area contributed by atoms with Gasteiger partial charge in [-0.25, -0.2) is 0 Å². The van der Waals surface area contributed by atoms with Crippen molar-refractivity contribution in [2.45, 2.75) is 38.6 Å². The van der Waals surface area contributed by atoms with E-state index >= 15 is 0 Å². The van der Waals surface area contributed by atoms with Crippen molar-refractivity contribution in [3.8, 4) is 0 Å². The molecular formula is C23H28N2O2S. The zero-order valence-corrected chi connectivity index (χ0v) is 17.6. The van der Waals surface area contributed by atoms with E-state index in [1.807, 2.05) is 52.6 Å². The Morgan fingerprint density at radius 2 is 1.96 bits per heavy atom. The van der Waals surface area contributed by atoms with E-state index in [2.05, 4.69) is 19.9 Å². The zero-order chi connectivity index (χ0) is 19.8. The number of hydrogen-bond donors (Lipinski definition) is 0. The molecule has 4 rings (SSSR count). The van der Waals surface area contributed by atoms with Crippen LogP contribution in [0.3, 0.4) is 0 Å². The molecule has 0 radical (unpaired) electrons. The minimum Gasteiger partial charge on any atom is -0.345 e. The summed E-state index contributed by atoms with van der Waals surface area (Å²) in [6.07, 6.45) is 2.43. The van der Waals surface area contributed by atoms with E-state index in [1.54, 1.807) is 11.3 Å². The van der Waals surface area contributed by atoms with Gasteiger partial charge in [0.25, 0.3) is 5.91 Å². The second kappa shape index (κ2) is 7.70. The molecule has 148 valence electrons. The first-order chi connectivity index (χ1) is 13.5. The summed E-state index contributed by atoms with van der Waals surface area (Å²) in [5.74, 6) is 0.781. The molecule has 1 aliphatic heterocycles. The summed E-state index contributed by atoms with van der Waals surface area (Å²) in [5.41, 5.74) is 1.55. The maximum absolute atomic E-state index is 13.7. The SMILES string of the molecule is CC(C)CN1C(=O)c2ccccc2C(C(=O)N(C)CC2CC2)C1c1cccs1. The zero-order valence-electron chi connectivity index (χ0n) is 16.8. The standard InChI is InChI=1S/C23H28N2O2S/c1-15(2)13-25-21(19-9-6-12-28-19)20(23(27)24(3)14-16-10-11-16)17-7-4-5-8-18(17)22(25)26/h4-9,12,15-16,20-21H,10-11,13-14H2,1-3H3. The smallest absolute Gasteiger partial charge is 0.254 e. The molecule has 0 bridgehead atoms. The molecule has 1 aliphatic carbocycles. The van der Waals surface area contributed by atoms with Crippen LogP contribution in [0.15, 0.2) is 41.8 Å². The molecule has 2 unspecified atom stereocenters. The predicted octanol–water partition coefficient (Wildman–Crippen LogP) is 4.55. The third-order valence-electron chi connectivity index (χ3n) is 5.71. The minimum atomic E-state index is -0.352. The van der Waals surface area contributed by atoms with Gasteiger partial charge in [-0.3, -0.25) is 9.59 Å². The maximum atomic E-state index is 13.7. The molecule has 2 amide bonds. The summed E-state index contributed by atoms with van der Waals surface area (Å²) in [6, 6.07) is 11.5. The van der Waals surface area contributed by atoms with Gasteiger partial charge in [0.15, 0.2) is 0 Å². The molecule has 28 heavy (non-hydrogen) atoms. The van der Waals surface area contributed by atoms with E-state index in [4.69, 9.17) is 0 Å². The Balaban J connectivity index is 1.81. The lowest BCUT2D eigenvalue weighted by Crippen LogP contribution is -2.48. The predicted molar refractivity (Wildman–Crippen MR) is 112 cm³/mol. The first-order valence-electron chi connectivity index (χ1n) is 10.2. The van der Waals surface area contributed by atoms with E-state index in [-0.39, 0.29) is 23.8 Å². The second-order valence-corrected chi connectivity index (χ2v) is 9.52. The molecule has 0 N–H and O–H groups in total. The summed E-state index contributed by atoms with van der Waals surface area (Å²) < 4.78 is 0. The van der Waals surface area contributed by atoms with Gasteiger partial charge in [-0.15, -0.1) is 11.3 Å².